The summed E-state index contributed by atoms with van der Waals surface area (Å²) in [6.45, 7) is 5.97. The largest absolute Gasteiger partial charge is 0.486 e. The lowest BCUT2D eigenvalue weighted by Gasteiger charge is -2.15. The molecule has 2 heteroatoms. The van der Waals surface area contributed by atoms with Gasteiger partial charge in [-0.1, -0.05) is 32.4 Å². The van der Waals surface area contributed by atoms with Gasteiger partial charge in [0.2, 0.25) is 0 Å². The van der Waals surface area contributed by atoms with Gasteiger partial charge in [0, 0.05) is 5.56 Å². The summed E-state index contributed by atoms with van der Waals surface area (Å²) in [5.74, 6) is 0.789. The Morgan fingerprint density at radius 1 is 1.29 bits per heavy atom. The Balaban J connectivity index is 2.48. The Kier molecular flexibility index (Phi) is 6.08. The minimum absolute atomic E-state index is 0.0589. The SMILES string of the molecule is C=CC(CCCCC)Oc1ccc(C=O)cc1. The van der Waals surface area contributed by atoms with E-state index >= 15 is 0 Å². The summed E-state index contributed by atoms with van der Waals surface area (Å²) < 4.78 is 5.78. The summed E-state index contributed by atoms with van der Waals surface area (Å²) in [6, 6.07) is 7.16. The van der Waals surface area contributed by atoms with Gasteiger partial charge >= 0.3 is 0 Å². The van der Waals surface area contributed by atoms with Crippen LogP contribution in [0.15, 0.2) is 36.9 Å². The molecule has 0 spiro atoms. The van der Waals surface area contributed by atoms with Crippen LogP contribution in [0.5, 0.6) is 5.75 Å². The lowest BCUT2D eigenvalue weighted by Crippen LogP contribution is -2.12. The van der Waals surface area contributed by atoms with Crippen LogP contribution >= 0.6 is 0 Å². The van der Waals surface area contributed by atoms with Crippen LogP contribution in [0.2, 0.25) is 0 Å². The van der Waals surface area contributed by atoms with E-state index in [9.17, 15) is 4.79 Å². The number of ether oxygens (including phenoxy) is 1. The summed E-state index contributed by atoms with van der Waals surface area (Å²) in [5, 5.41) is 0. The van der Waals surface area contributed by atoms with E-state index in [2.05, 4.69) is 13.5 Å². The van der Waals surface area contributed by atoms with Crippen LogP contribution in [0.4, 0.5) is 0 Å². The van der Waals surface area contributed by atoms with Gasteiger partial charge in [-0.15, -0.1) is 0 Å². The number of unbranched alkanes of at least 4 members (excludes halogenated alkanes) is 2. The summed E-state index contributed by atoms with van der Waals surface area (Å²) >= 11 is 0. The molecule has 0 saturated carbocycles. The molecular weight excluding hydrogens is 212 g/mol. The number of rotatable bonds is 8. The van der Waals surface area contributed by atoms with Crippen LogP contribution in [0, 0.1) is 0 Å². The van der Waals surface area contributed by atoms with Gasteiger partial charge in [-0.3, -0.25) is 4.79 Å². The average molecular weight is 232 g/mol. The van der Waals surface area contributed by atoms with Gasteiger partial charge in [-0.2, -0.15) is 0 Å². The fourth-order valence-corrected chi connectivity index (χ4v) is 1.62. The first-order chi connectivity index (χ1) is 8.30. The number of hydrogen-bond donors (Lipinski definition) is 0. The van der Waals surface area contributed by atoms with Gasteiger partial charge in [0.25, 0.3) is 0 Å². The molecule has 0 saturated heterocycles. The highest BCUT2D eigenvalue weighted by molar-refractivity contribution is 5.74. The Morgan fingerprint density at radius 3 is 2.53 bits per heavy atom. The lowest BCUT2D eigenvalue weighted by atomic mass is 10.1. The van der Waals surface area contributed by atoms with Gasteiger partial charge in [0.15, 0.2) is 0 Å². The van der Waals surface area contributed by atoms with E-state index < -0.39 is 0 Å². The summed E-state index contributed by atoms with van der Waals surface area (Å²) in [5.41, 5.74) is 0.665. The molecule has 2 nitrogen and oxygen atoms in total. The van der Waals surface area contributed by atoms with Crippen molar-refractivity contribution in [2.75, 3.05) is 0 Å². The molecule has 0 aliphatic rings. The van der Waals surface area contributed by atoms with Gasteiger partial charge in [-0.25, -0.2) is 0 Å². The van der Waals surface area contributed by atoms with Gasteiger partial charge in [0.1, 0.15) is 18.1 Å². The smallest absolute Gasteiger partial charge is 0.150 e. The zero-order chi connectivity index (χ0) is 12.5. The second-order valence-corrected chi connectivity index (χ2v) is 4.07. The second kappa shape index (κ2) is 7.66. The molecule has 1 aromatic rings. The number of hydrogen-bond acceptors (Lipinski definition) is 2. The van der Waals surface area contributed by atoms with Crippen LogP contribution in [-0.4, -0.2) is 12.4 Å². The predicted octanol–water partition coefficient (Wildman–Crippen LogP) is 4.01. The highest BCUT2D eigenvalue weighted by atomic mass is 16.5. The molecule has 1 aromatic carbocycles. The summed E-state index contributed by atoms with van der Waals surface area (Å²) in [7, 11) is 0. The molecule has 0 aliphatic heterocycles. The molecule has 1 atom stereocenters. The number of carbonyl (C=O) groups excluding carboxylic acids is 1. The van der Waals surface area contributed by atoms with Crippen molar-refractivity contribution in [3.8, 4) is 5.75 Å². The van der Waals surface area contributed by atoms with Crippen molar-refractivity contribution in [3.05, 3.63) is 42.5 Å². The van der Waals surface area contributed by atoms with Crippen molar-refractivity contribution in [3.63, 3.8) is 0 Å². The van der Waals surface area contributed by atoms with Crippen LogP contribution in [-0.2, 0) is 0 Å². The molecule has 1 rings (SSSR count). The van der Waals surface area contributed by atoms with Crippen molar-refractivity contribution in [2.45, 2.75) is 38.7 Å². The first kappa shape index (κ1) is 13.5. The lowest BCUT2D eigenvalue weighted by molar-refractivity contribution is 0.112. The summed E-state index contributed by atoms with van der Waals surface area (Å²) in [6.07, 6.45) is 7.30. The van der Waals surface area contributed by atoms with E-state index in [1.807, 2.05) is 18.2 Å². The van der Waals surface area contributed by atoms with E-state index in [4.69, 9.17) is 4.74 Å². The fourth-order valence-electron chi connectivity index (χ4n) is 1.62. The van der Waals surface area contributed by atoms with E-state index in [1.54, 1.807) is 12.1 Å². The van der Waals surface area contributed by atoms with Gasteiger partial charge < -0.3 is 4.74 Å². The second-order valence-electron chi connectivity index (χ2n) is 4.07. The first-order valence-electron chi connectivity index (χ1n) is 6.14. The molecule has 0 heterocycles. The number of carbonyl (C=O) groups is 1. The molecule has 0 fully saturated rings. The molecule has 0 N–H and O–H groups in total. The molecule has 92 valence electrons. The highest BCUT2D eigenvalue weighted by Gasteiger charge is 2.05. The van der Waals surface area contributed by atoms with Crippen molar-refractivity contribution >= 4 is 6.29 Å². The maximum Gasteiger partial charge on any atom is 0.150 e. The van der Waals surface area contributed by atoms with E-state index in [0.717, 1.165) is 24.9 Å². The Hall–Kier alpha value is -1.57. The maximum absolute atomic E-state index is 10.5. The summed E-state index contributed by atoms with van der Waals surface area (Å²) in [4.78, 5) is 10.5. The molecule has 0 radical (unpaired) electrons. The molecule has 1 unspecified atom stereocenters. The topological polar surface area (TPSA) is 26.3 Å². The quantitative estimate of drug-likeness (QED) is 0.384. The van der Waals surface area contributed by atoms with Gasteiger partial charge in [0.05, 0.1) is 0 Å². The van der Waals surface area contributed by atoms with Crippen LogP contribution in [0.25, 0.3) is 0 Å². The zero-order valence-corrected chi connectivity index (χ0v) is 10.4. The Labute approximate surface area is 103 Å². The van der Waals surface area contributed by atoms with E-state index in [0.29, 0.717) is 5.56 Å². The van der Waals surface area contributed by atoms with Crippen molar-refractivity contribution in [1.82, 2.24) is 0 Å². The number of aldehydes is 1. The predicted molar refractivity (Wildman–Crippen MR) is 70.6 cm³/mol. The third-order valence-electron chi connectivity index (χ3n) is 2.66. The van der Waals surface area contributed by atoms with E-state index in [1.165, 1.54) is 12.8 Å². The van der Waals surface area contributed by atoms with E-state index in [-0.39, 0.29) is 6.10 Å². The zero-order valence-electron chi connectivity index (χ0n) is 10.4. The molecule has 0 aromatic heterocycles. The molecular formula is C15H20O2. The third-order valence-corrected chi connectivity index (χ3v) is 2.66. The Morgan fingerprint density at radius 2 is 2.00 bits per heavy atom. The highest BCUT2D eigenvalue weighted by Crippen LogP contribution is 2.16. The van der Waals surface area contributed by atoms with Gasteiger partial charge in [-0.05, 0) is 37.1 Å². The third kappa shape index (κ3) is 4.85. The standard InChI is InChI=1S/C15H20O2/c1-3-5-6-7-14(4-2)17-15-10-8-13(12-16)9-11-15/h4,8-12,14H,2-3,5-7H2,1H3. The average Bonchev–Trinajstić information content (AvgIpc) is 2.38. The van der Waals surface area contributed by atoms with Crippen molar-refractivity contribution in [2.24, 2.45) is 0 Å². The molecule has 0 aliphatic carbocycles. The minimum Gasteiger partial charge on any atom is -0.486 e. The molecule has 0 amide bonds. The molecule has 0 bridgehead atoms. The van der Waals surface area contributed by atoms with Crippen LogP contribution in [0.1, 0.15) is 43.0 Å². The van der Waals surface area contributed by atoms with Crippen LogP contribution in [0.3, 0.4) is 0 Å². The van der Waals surface area contributed by atoms with Crippen LogP contribution < -0.4 is 4.74 Å². The monoisotopic (exact) mass is 232 g/mol. The minimum atomic E-state index is 0.0589. The normalized spacial score (nSPS) is 11.8. The van der Waals surface area contributed by atoms with Crippen molar-refractivity contribution < 1.29 is 9.53 Å². The first-order valence-corrected chi connectivity index (χ1v) is 6.14. The fraction of sp³-hybridized carbons (Fsp3) is 0.400. The maximum atomic E-state index is 10.5. The Bertz CT molecular complexity index is 340. The molecule has 17 heavy (non-hydrogen) atoms. The van der Waals surface area contributed by atoms with Crippen molar-refractivity contribution in [1.29, 1.82) is 0 Å². The number of benzene rings is 1.